The molecule has 2 aromatic heterocycles. The fourth-order valence-electron chi connectivity index (χ4n) is 2.14. The Morgan fingerprint density at radius 2 is 2.16 bits per heavy atom. The fourth-order valence-corrected chi connectivity index (χ4v) is 2.14. The largest absolute Gasteiger partial charge is 0.497 e. The number of ketones is 1. The number of carbonyl (C=O) groups excluding carboxylic acids is 1. The first kappa shape index (κ1) is 11.6. The van der Waals surface area contributed by atoms with Crippen molar-refractivity contribution in [2.45, 2.75) is 6.92 Å². The van der Waals surface area contributed by atoms with Gasteiger partial charge >= 0.3 is 0 Å². The van der Waals surface area contributed by atoms with Crippen molar-refractivity contribution in [2.75, 3.05) is 7.11 Å². The smallest absolute Gasteiger partial charge is 0.230 e. The second-order valence-electron chi connectivity index (χ2n) is 4.38. The minimum absolute atomic E-state index is 0.123. The number of benzene rings is 1. The number of ether oxygens (including phenoxy) is 1. The second kappa shape index (κ2) is 4.31. The number of hydrogen-bond acceptors (Lipinski definition) is 3. The zero-order valence-corrected chi connectivity index (χ0v) is 10.7. The van der Waals surface area contributed by atoms with Crippen LogP contribution in [0.4, 0.5) is 0 Å². The van der Waals surface area contributed by atoms with Crippen molar-refractivity contribution in [3.05, 3.63) is 53.6 Å². The van der Waals surface area contributed by atoms with Crippen LogP contribution in [0.25, 0.3) is 10.9 Å². The molecule has 0 aliphatic carbocycles. The number of furan rings is 1. The van der Waals surface area contributed by atoms with Crippen LogP contribution in [0.1, 0.15) is 21.7 Å². The van der Waals surface area contributed by atoms with Gasteiger partial charge in [-0.2, -0.15) is 0 Å². The standard InChI is InChI=1S/C15H13NO3/c1-9-5-6-19-15(9)14(17)12-8-16-13-4-3-10(18-2)7-11(12)13/h3-8,16H,1-2H3. The van der Waals surface area contributed by atoms with Gasteiger partial charge in [-0.3, -0.25) is 4.79 Å². The average molecular weight is 255 g/mol. The Balaban J connectivity index is 2.15. The number of carbonyl (C=O) groups is 1. The first-order valence-electron chi connectivity index (χ1n) is 5.94. The molecule has 0 fully saturated rings. The minimum atomic E-state index is -0.123. The van der Waals surface area contributed by atoms with Crippen LogP contribution >= 0.6 is 0 Å². The van der Waals surface area contributed by atoms with E-state index in [0.29, 0.717) is 11.3 Å². The normalized spacial score (nSPS) is 10.8. The number of fused-ring (bicyclic) bond motifs is 1. The lowest BCUT2D eigenvalue weighted by atomic mass is 10.1. The van der Waals surface area contributed by atoms with Gasteiger partial charge in [0.15, 0.2) is 5.76 Å². The topological polar surface area (TPSA) is 55.2 Å². The van der Waals surface area contributed by atoms with Crippen molar-refractivity contribution in [1.29, 1.82) is 0 Å². The highest BCUT2D eigenvalue weighted by atomic mass is 16.5. The van der Waals surface area contributed by atoms with Gasteiger partial charge in [0, 0.05) is 17.1 Å². The van der Waals surface area contributed by atoms with Gasteiger partial charge < -0.3 is 14.1 Å². The predicted molar refractivity (Wildman–Crippen MR) is 71.7 cm³/mol. The van der Waals surface area contributed by atoms with Crippen molar-refractivity contribution in [3.63, 3.8) is 0 Å². The Labute approximate surface area is 110 Å². The quantitative estimate of drug-likeness (QED) is 0.730. The Morgan fingerprint density at radius 1 is 1.32 bits per heavy atom. The molecule has 96 valence electrons. The van der Waals surface area contributed by atoms with E-state index in [-0.39, 0.29) is 5.78 Å². The van der Waals surface area contributed by atoms with Crippen molar-refractivity contribution >= 4 is 16.7 Å². The van der Waals surface area contributed by atoms with Crippen molar-refractivity contribution in [2.24, 2.45) is 0 Å². The van der Waals surface area contributed by atoms with E-state index in [2.05, 4.69) is 4.98 Å². The number of methoxy groups -OCH3 is 1. The molecule has 0 aliphatic heterocycles. The molecule has 0 amide bonds. The predicted octanol–water partition coefficient (Wildman–Crippen LogP) is 3.31. The van der Waals surface area contributed by atoms with Gasteiger partial charge in [0.2, 0.25) is 5.78 Å². The number of hydrogen-bond donors (Lipinski definition) is 1. The summed E-state index contributed by atoms with van der Waals surface area (Å²) in [4.78, 5) is 15.5. The molecule has 4 heteroatoms. The highest BCUT2D eigenvalue weighted by Crippen LogP contribution is 2.26. The van der Waals surface area contributed by atoms with Gasteiger partial charge in [-0.05, 0) is 36.8 Å². The van der Waals surface area contributed by atoms with Gasteiger partial charge in [-0.25, -0.2) is 0 Å². The summed E-state index contributed by atoms with van der Waals surface area (Å²) < 4.78 is 10.5. The van der Waals surface area contributed by atoms with E-state index in [4.69, 9.17) is 9.15 Å². The number of nitrogens with one attached hydrogen (secondary N) is 1. The van der Waals surface area contributed by atoms with Gasteiger partial charge in [0.05, 0.1) is 18.9 Å². The van der Waals surface area contributed by atoms with Gasteiger partial charge in [0.25, 0.3) is 0 Å². The number of aromatic nitrogens is 1. The molecular formula is C15H13NO3. The fraction of sp³-hybridized carbons (Fsp3) is 0.133. The first-order valence-corrected chi connectivity index (χ1v) is 5.94. The SMILES string of the molecule is COc1ccc2[nH]cc(C(=O)c3occc3C)c2c1. The van der Waals surface area contributed by atoms with E-state index in [9.17, 15) is 4.79 Å². The molecule has 0 aliphatic rings. The Kier molecular flexibility index (Phi) is 2.63. The molecule has 0 spiro atoms. The van der Waals surface area contributed by atoms with Crippen LogP contribution in [0.15, 0.2) is 41.1 Å². The summed E-state index contributed by atoms with van der Waals surface area (Å²) >= 11 is 0. The van der Waals surface area contributed by atoms with Crippen LogP contribution in [0, 0.1) is 6.92 Å². The average Bonchev–Trinajstić information content (AvgIpc) is 3.03. The zero-order valence-electron chi connectivity index (χ0n) is 10.7. The summed E-state index contributed by atoms with van der Waals surface area (Å²) in [7, 11) is 1.60. The maximum absolute atomic E-state index is 12.4. The molecule has 0 saturated heterocycles. The molecule has 0 radical (unpaired) electrons. The van der Waals surface area contributed by atoms with E-state index in [0.717, 1.165) is 22.2 Å². The summed E-state index contributed by atoms with van der Waals surface area (Å²) in [6, 6.07) is 7.37. The molecule has 3 rings (SSSR count). The third-order valence-corrected chi connectivity index (χ3v) is 3.20. The maximum Gasteiger partial charge on any atom is 0.230 e. The van der Waals surface area contributed by atoms with Crippen LogP contribution in [0.5, 0.6) is 5.75 Å². The van der Waals surface area contributed by atoms with Crippen molar-refractivity contribution < 1.29 is 13.9 Å². The molecule has 1 aromatic carbocycles. The van der Waals surface area contributed by atoms with E-state index >= 15 is 0 Å². The molecule has 0 atom stereocenters. The van der Waals surface area contributed by atoms with E-state index < -0.39 is 0 Å². The number of H-pyrrole nitrogens is 1. The molecule has 19 heavy (non-hydrogen) atoms. The maximum atomic E-state index is 12.4. The number of aromatic amines is 1. The minimum Gasteiger partial charge on any atom is -0.497 e. The van der Waals surface area contributed by atoms with Crippen LogP contribution < -0.4 is 4.74 Å². The molecular weight excluding hydrogens is 242 g/mol. The Hall–Kier alpha value is -2.49. The summed E-state index contributed by atoms with van der Waals surface area (Å²) in [5.41, 5.74) is 2.32. The van der Waals surface area contributed by atoms with Crippen molar-refractivity contribution in [3.8, 4) is 5.75 Å². The summed E-state index contributed by atoms with van der Waals surface area (Å²) in [5.74, 6) is 0.975. The Bertz CT molecular complexity index is 752. The molecule has 1 N–H and O–H groups in total. The molecule has 4 nitrogen and oxygen atoms in total. The third kappa shape index (κ3) is 1.81. The highest BCUT2D eigenvalue weighted by molar-refractivity contribution is 6.15. The van der Waals surface area contributed by atoms with Gasteiger partial charge in [-0.1, -0.05) is 0 Å². The lowest BCUT2D eigenvalue weighted by Crippen LogP contribution is -2.00. The summed E-state index contributed by atoms with van der Waals surface area (Å²) in [6.07, 6.45) is 3.23. The van der Waals surface area contributed by atoms with Crippen molar-refractivity contribution in [1.82, 2.24) is 4.98 Å². The van der Waals surface area contributed by atoms with Gasteiger partial charge in [0.1, 0.15) is 5.75 Å². The molecule has 2 heterocycles. The first-order chi connectivity index (χ1) is 9.20. The van der Waals surface area contributed by atoms with Crippen LogP contribution in [0.2, 0.25) is 0 Å². The van der Waals surface area contributed by atoms with Crippen LogP contribution in [-0.2, 0) is 0 Å². The van der Waals surface area contributed by atoms with Crippen LogP contribution in [-0.4, -0.2) is 17.9 Å². The Morgan fingerprint density at radius 3 is 2.84 bits per heavy atom. The third-order valence-electron chi connectivity index (χ3n) is 3.20. The van der Waals surface area contributed by atoms with Crippen LogP contribution in [0.3, 0.4) is 0 Å². The monoisotopic (exact) mass is 255 g/mol. The molecule has 0 bridgehead atoms. The van der Waals surface area contributed by atoms with E-state index in [1.165, 1.54) is 6.26 Å². The summed E-state index contributed by atoms with van der Waals surface area (Å²) in [6.45, 7) is 1.85. The second-order valence-corrected chi connectivity index (χ2v) is 4.38. The molecule has 0 unspecified atom stereocenters. The number of aryl methyl sites for hydroxylation is 1. The van der Waals surface area contributed by atoms with E-state index in [1.54, 1.807) is 19.4 Å². The molecule has 3 aromatic rings. The highest BCUT2D eigenvalue weighted by Gasteiger charge is 2.19. The lowest BCUT2D eigenvalue weighted by molar-refractivity contribution is 0.101. The number of rotatable bonds is 3. The summed E-state index contributed by atoms with van der Waals surface area (Å²) in [5, 5.41) is 0.833. The molecule has 0 saturated carbocycles. The van der Waals surface area contributed by atoms with Gasteiger partial charge in [-0.15, -0.1) is 0 Å². The zero-order chi connectivity index (χ0) is 13.4. The lowest BCUT2D eigenvalue weighted by Gasteiger charge is -2.01. The van der Waals surface area contributed by atoms with E-state index in [1.807, 2.05) is 25.1 Å².